The van der Waals surface area contributed by atoms with Crippen molar-refractivity contribution >= 4 is 55.4 Å². The standard InChI is InChI=1S/C53H61N9O9S/c1-32-5-2-3-6-41(32)43-7-4-15-60(43)38-24-53(25-38)12-16-58(17-13-53)36-8-9-42(44(21-36)61-26-34-29-68-18-11-47(34)71-52-46(61)19-33-10-14-54-50(33)56-52)51(63)57-72(66,67)40-22-45(62(64)65)49-48(23-40)70-30-35(55-49)27-59-28-39-20-37(59)31-69-39/h2-3,5-6,8-10,14,19,21-23,34-35,37-39,43,47,55H,4,7,11-13,15-18,20,24-31H2,1H3,(H,54,56)(H,57,63)/t34-,35+,37-,39-,43+,47-/m1/s1. The van der Waals surface area contributed by atoms with Gasteiger partial charge < -0.3 is 39.0 Å². The zero-order valence-corrected chi connectivity index (χ0v) is 41.3. The van der Waals surface area contributed by atoms with Crippen LogP contribution in [0.15, 0.2) is 77.8 Å². The molecule has 1 aliphatic carbocycles. The number of likely N-dealkylation sites (tertiary alicyclic amines) is 2. The number of ether oxygens (including phenoxy) is 4. The van der Waals surface area contributed by atoms with Gasteiger partial charge in [0.1, 0.15) is 24.0 Å². The zero-order chi connectivity index (χ0) is 48.9. The molecule has 1 amide bonds. The number of carbonyl (C=O) groups is 1. The van der Waals surface area contributed by atoms with Crippen molar-refractivity contribution < 1.29 is 37.1 Å². The van der Waals surface area contributed by atoms with Crippen molar-refractivity contribution in [1.82, 2.24) is 24.5 Å². The second-order valence-corrected chi connectivity index (χ2v) is 23.3. The van der Waals surface area contributed by atoms with Crippen LogP contribution in [0, 0.1) is 28.4 Å². The molecular weight excluding hydrogens is 939 g/mol. The summed E-state index contributed by atoms with van der Waals surface area (Å²) in [5.41, 5.74) is 5.60. The molecule has 6 atom stereocenters. The van der Waals surface area contributed by atoms with Gasteiger partial charge in [-0.15, -0.1) is 0 Å². The first-order valence-corrected chi connectivity index (χ1v) is 27.3. The van der Waals surface area contributed by atoms with Crippen molar-refractivity contribution in [2.24, 2.45) is 11.3 Å². The van der Waals surface area contributed by atoms with Crippen LogP contribution in [-0.2, 0) is 19.5 Å². The fraction of sp³-hybridized carbons (Fsp3) is 0.509. The predicted molar refractivity (Wildman–Crippen MR) is 270 cm³/mol. The second kappa shape index (κ2) is 17.9. The number of hydrogen-bond acceptors (Lipinski definition) is 15. The normalized spacial score (nSPS) is 27.0. The SMILES string of the molecule is Cc1ccccc1[C@@H]1CCCN1C1CC2(CCN(c3ccc(C(=O)NS(=O)(=O)c4cc5c(c([N+](=O)[O-])c4)N[C@@H](CN4C[C@H]6C[C@@H]4CO6)CO5)c(N4C[C@@H]5COCC[C@H]5Oc5nc6[nH]ccc6cc54)c3)CC2)C1. The minimum Gasteiger partial charge on any atom is -0.489 e. The molecule has 378 valence electrons. The summed E-state index contributed by atoms with van der Waals surface area (Å²) in [6.45, 7) is 8.68. The lowest BCUT2D eigenvalue weighted by Gasteiger charge is -2.56. The lowest BCUT2D eigenvalue weighted by molar-refractivity contribution is -0.384. The number of morpholine rings is 1. The molecule has 2 bridgehead atoms. The van der Waals surface area contributed by atoms with Crippen LogP contribution in [0.3, 0.4) is 0 Å². The van der Waals surface area contributed by atoms with E-state index >= 15 is 0 Å². The molecule has 1 saturated carbocycles. The van der Waals surface area contributed by atoms with E-state index in [1.165, 1.54) is 42.9 Å². The highest BCUT2D eigenvalue weighted by Crippen LogP contribution is 2.54. The summed E-state index contributed by atoms with van der Waals surface area (Å²) in [7, 11) is -4.69. The van der Waals surface area contributed by atoms with Crippen molar-refractivity contribution in [2.45, 2.75) is 99.6 Å². The Balaban J connectivity index is 0.791. The number of carbonyl (C=O) groups excluding carboxylic acids is 1. The molecule has 0 unspecified atom stereocenters. The van der Waals surface area contributed by atoms with Crippen LogP contribution >= 0.6 is 0 Å². The lowest BCUT2D eigenvalue weighted by Crippen LogP contribution is -2.54. The third-order valence-electron chi connectivity index (χ3n) is 17.3. The van der Waals surface area contributed by atoms with Crippen LogP contribution < -0.4 is 29.3 Å². The van der Waals surface area contributed by atoms with E-state index in [1.54, 1.807) is 6.07 Å². The number of aryl methyl sites for hydroxylation is 1. The quantitative estimate of drug-likeness (QED) is 0.0949. The van der Waals surface area contributed by atoms with E-state index in [-0.39, 0.29) is 47.8 Å². The average molecular weight is 1000 g/mol. The molecule has 9 heterocycles. The van der Waals surface area contributed by atoms with Gasteiger partial charge in [0, 0.05) is 92.6 Å². The Morgan fingerprint density at radius 3 is 2.64 bits per heavy atom. The summed E-state index contributed by atoms with van der Waals surface area (Å²) in [5.74, 6) is -0.546. The zero-order valence-electron chi connectivity index (χ0n) is 40.5. The summed E-state index contributed by atoms with van der Waals surface area (Å²) < 4.78 is 55.6. The number of sulfonamides is 1. The Kier molecular flexibility index (Phi) is 11.4. The van der Waals surface area contributed by atoms with Gasteiger partial charge in [0.15, 0.2) is 11.4 Å². The molecule has 8 aliphatic rings. The van der Waals surface area contributed by atoms with E-state index in [9.17, 15) is 23.3 Å². The third kappa shape index (κ3) is 8.20. The first-order chi connectivity index (χ1) is 34.9. The average Bonchev–Trinajstić information content (AvgIpc) is 4.20. The highest BCUT2D eigenvalue weighted by Gasteiger charge is 2.50. The maximum Gasteiger partial charge on any atom is 0.297 e. The number of rotatable bonds is 10. The molecule has 2 aromatic heterocycles. The largest absolute Gasteiger partial charge is 0.489 e. The smallest absolute Gasteiger partial charge is 0.297 e. The summed E-state index contributed by atoms with van der Waals surface area (Å²) in [5, 5.41) is 16.7. The number of pyridine rings is 1. The van der Waals surface area contributed by atoms with Crippen LogP contribution in [0.1, 0.15) is 78.9 Å². The van der Waals surface area contributed by atoms with E-state index in [4.69, 9.17) is 23.9 Å². The molecule has 0 radical (unpaired) electrons. The Morgan fingerprint density at radius 1 is 0.972 bits per heavy atom. The number of aromatic nitrogens is 2. The number of piperidine rings is 1. The van der Waals surface area contributed by atoms with Gasteiger partial charge >= 0.3 is 0 Å². The molecule has 3 N–H and O–H groups in total. The van der Waals surface area contributed by atoms with Crippen molar-refractivity contribution in [1.29, 1.82) is 0 Å². The molecule has 1 spiro atoms. The van der Waals surface area contributed by atoms with Gasteiger partial charge in [-0.1, -0.05) is 24.3 Å². The first-order valence-electron chi connectivity index (χ1n) is 25.8. The van der Waals surface area contributed by atoms with E-state index in [0.717, 1.165) is 62.6 Å². The van der Waals surface area contributed by atoms with E-state index in [2.05, 4.69) is 60.9 Å². The number of nitrogens with one attached hydrogen (secondary N) is 3. The van der Waals surface area contributed by atoms with Gasteiger partial charge in [-0.25, -0.2) is 13.1 Å². The molecule has 72 heavy (non-hydrogen) atoms. The maximum absolute atomic E-state index is 14.8. The number of hydrogen-bond donors (Lipinski definition) is 3. The minimum absolute atomic E-state index is 0.0295. The number of H-pyrrole nitrogens is 1. The molecule has 6 fully saturated rings. The number of fused-ring (bicyclic) bond motifs is 6. The Labute approximate surface area is 418 Å². The van der Waals surface area contributed by atoms with Gasteiger partial charge in [-0.3, -0.25) is 24.7 Å². The van der Waals surface area contributed by atoms with E-state index in [0.29, 0.717) is 85.8 Å². The molecule has 5 saturated heterocycles. The Bertz CT molecular complexity index is 3060. The van der Waals surface area contributed by atoms with Crippen LogP contribution in [0.2, 0.25) is 0 Å². The minimum atomic E-state index is -4.69. The number of nitro groups is 1. The fourth-order valence-electron chi connectivity index (χ4n) is 13.4. The molecule has 7 aliphatic heterocycles. The van der Waals surface area contributed by atoms with Gasteiger partial charge in [0.2, 0.25) is 5.88 Å². The highest BCUT2D eigenvalue weighted by molar-refractivity contribution is 7.90. The van der Waals surface area contributed by atoms with Crippen LogP contribution in [0.4, 0.5) is 28.4 Å². The Morgan fingerprint density at radius 2 is 1.83 bits per heavy atom. The van der Waals surface area contributed by atoms with Gasteiger partial charge in [0.05, 0.1) is 53.0 Å². The number of aromatic amines is 1. The highest BCUT2D eigenvalue weighted by atomic mass is 32.2. The third-order valence-corrected chi connectivity index (χ3v) is 18.6. The van der Waals surface area contributed by atoms with Gasteiger partial charge in [-0.2, -0.15) is 4.98 Å². The first kappa shape index (κ1) is 45.8. The number of nitrogens with zero attached hydrogens (tertiary/aromatic N) is 6. The summed E-state index contributed by atoms with van der Waals surface area (Å²) in [6, 6.07) is 21.7. The van der Waals surface area contributed by atoms with Gasteiger partial charge in [-0.05, 0) is 105 Å². The van der Waals surface area contributed by atoms with E-state index in [1.807, 2.05) is 35.4 Å². The Hall–Kier alpha value is -5.99. The lowest BCUT2D eigenvalue weighted by atomic mass is 9.59. The molecule has 13 rings (SSSR count). The van der Waals surface area contributed by atoms with Gasteiger partial charge in [0.25, 0.3) is 21.6 Å². The maximum atomic E-state index is 14.8. The topological polar surface area (TPSA) is 197 Å². The summed E-state index contributed by atoms with van der Waals surface area (Å²) in [4.78, 5) is 43.9. The summed E-state index contributed by atoms with van der Waals surface area (Å²) in [6.07, 6.45) is 10.4. The van der Waals surface area contributed by atoms with E-state index < -0.39 is 31.4 Å². The number of amides is 1. The number of nitro benzene ring substituents is 1. The van der Waals surface area contributed by atoms with Crippen molar-refractivity contribution in [3.05, 3.63) is 99.7 Å². The molecule has 3 aromatic carbocycles. The molecular formula is C53H61N9O9S. The monoisotopic (exact) mass is 999 g/mol. The predicted octanol–water partition coefficient (Wildman–Crippen LogP) is 7.07. The second-order valence-electron chi connectivity index (χ2n) is 21.6. The van der Waals surface area contributed by atoms with Crippen LogP contribution in [0.5, 0.6) is 11.6 Å². The number of anilines is 4. The number of benzene rings is 3. The fourth-order valence-corrected chi connectivity index (χ4v) is 14.4. The summed E-state index contributed by atoms with van der Waals surface area (Å²) >= 11 is 0. The van der Waals surface area contributed by atoms with Crippen molar-refractivity contribution in [3.63, 3.8) is 0 Å². The molecule has 19 heteroatoms. The van der Waals surface area contributed by atoms with Crippen LogP contribution in [-0.4, -0.2) is 135 Å². The van der Waals surface area contributed by atoms with Crippen molar-refractivity contribution in [3.8, 4) is 11.6 Å². The molecule has 5 aromatic rings. The van der Waals surface area contributed by atoms with Crippen molar-refractivity contribution in [2.75, 3.05) is 80.8 Å². The van der Waals surface area contributed by atoms with Crippen LogP contribution in [0.25, 0.3) is 11.0 Å². The molecule has 18 nitrogen and oxygen atoms in total.